The molecule has 3 aromatic rings. The number of halogens is 3. The average Bonchev–Trinajstić information content (AvgIpc) is 3.30. The van der Waals surface area contributed by atoms with Gasteiger partial charge in [-0.1, -0.05) is 17.8 Å². The van der Waals surface area contributed by atoms with Crippen LogP contribution < -0.4 is 5.32 Å². The Hall–Kier alpha value is -2.42. The lowest BCUT2D eigenvalue weighted by Crippen LogP contribution is -2.15. The number of thioether (sulfide) groups is 1. The Kier molecular flexibility index (Phi) is 6.02. The van der Waals surface area contributed by atoms with E-state index in [0.29, 0.717) is 10.0 Å². The summed E-state index contributed by atoms with van der Waals surface area (Å²) in [4.78, 5) is 20.9. The first-order valence-electron chi connectivity index (χ1n) is 7.69. The van der Waals surface area contributed by atoms with E-state index in [4.69, 9.17) is 0 Å². The van der Waals surface area contributed by atoms with E-state index in [0.717, 1.165) is 23.5 Å². The fourth-order valence-corrected chi connectivity index (χ4v) is 4.40. The minimum absolute atomic E-state index is 0.111. The largest absolute Gasteiger partial charge is 0.417 e. The number of pyridine rings is 1. The second-order valence-corrected chi connectivity index (χ2v) is 8.22. The number of nitriles is 1. The van der Waals surface area contributed by atoms with Gasteiger partial charge in [0.15, 0.2) is 5.13 Å². The fraction of sp³-hybridized carbons (Fsp3) is 0.176. The van der Waals surface area contributed by atoms with Crippen LogP contribution in [0.5, 0.6) is 0 Å². The van der Waals surface area contributed by atoms with E-state index in [1.54, 1.807) is 35.9 Å². The highest BCUT2D eigenvalue weighted by Crippen LogP contribution is 2.38. The number of carbonyl (C=O) groups is 1. The zero-order valence-corrected chi connectivity index (χ0v) is 16.7. The third kappa shape index (κ3) is 4.70. The smallest absolute Gasteiger partial charge is 0.301 e. The second-order valence-electron chi connectivity index (χ2n) is 5.45. The van der Waals surface area contributed by atoms with Crippen molar-refractivity contribution >= 4 is 45.5 Å². The number of nitrogens with one attached hydrogen (secondary N) is 1. The standard InChI is InChI=1S/C17H11F3N4OS3/c1-9-7-28-16(22-9)24-14(25)8-27-15-10(6-21)11(17(18,19)20)5-12(23-15)13-3-2-4-26-13/h2-5,7H,8H2,1H3,(H,22,24,25). The number of aryl methyl sites for hydroxylation is 1. The van der Waals surface area contributed by atoms with E-state index in [1.807, 2.05) is 0 Å². The molecule has 3 aromatic heterocycles. The molecule has 0 fully saturated rings. The molecule has 0 saturated carbocycles. The first kappa shape index (κ1) is 20.3. The van der Waals surface area contributed by atoms with Gasteiger partial charge in [-0.3, -0.25) is 4.79 Å². The molecule has 0 atom stereocenters. The molecule has 28 heavy (non-hydrogen) atoms. The molecule has 0 bridgehead atoms. The summed E-state index contributed by atoms with van der Waals surface area (Å²) in [6.07, 6.45) is -4.71. The van der Waals surface area contributed by atoms with Gasteiger partial charge in [-0.25, -0.2) is 9.97 Å². The van der Waals surface area contributed by atoms with Crippen LogP contribution in [0.3, 0.4) is 0 Å². The van der Waals surface area contributed by atoms with Gasteiger partial charge in [0.2, 0.25) is 5.91 Å². The van der Waals surface area contributed by atoms with Gasteiger partial charge < -0.3 is 5.32 Å². The minimum atomic E-state index is -4.71. The van der Waals surface area contributed by atoms with Gasteiger partial charge in [-0.15, -0.1) is 22.7 Å². The number of nitrogens with zero attached hydrogens (tertiary/aromatic N) is 3. The van der Waals surface area contributed by atoms with E-state index in [-0.39, 0.29) is 16.5 Å². The molecule has 0 spiro atoms. The molecular formula is C17H11F3N4OS3. The van der Waals surface area contributed by atoms with Crippen LogP contribution in [-0.4, -0.2) is 21.6 Å². The quantitative estimate of drug-likeness (QED) is 0.552. The van der Waals surface area contributed by atoms with E-state index in [2.05, 4.69) is 15.3 Å². The van der Waals surface area contributed by atoms with Crippen LogP contribution >= 0.6 is 34.4 Å². The topological polar surface area (TPSA) is 78.7 Å². The molecule has 0 saturated heterocycles. The maximum Gasteiger partial charge on any atom is 0.417 e. The van der Waals surface area contributed by atoms with Crippen molar-refractivity contribution in [1.82, 2.24) is 9.97 Å². The molecule has 5 nitrogen and oxygen atoms in total. The number of carbonyl (C=O) groups excluding carboxylic acids is 1. The third-order valence-electron chi connectivity index (χ3n) is 3.38. The van der Waals surface area contributed by atoms with Gasteiger partial charge in [0.05, 0.1) is 33.1 Å². The Balaban J connectivity index is 1.89. The SMILES string of the molecule is Cc1csc(NC(=O)CSc2nc(-c3cccs3)cc(C(F)(F)F)c2C#N)n1. The van der Waals surface area contributed by atoms with Gasteiger partial charge in [0, 0.05) is 5.38 Å². The summed E-state index contributed by atoms with van der Waals surface area (Å²) in [6, 6.07) is 5.79. The van der Waals surface area contributed by atoms with Crippen molar-refractivity contribution in [2.24, 2.45) is 0 Å². The first-order chi connectivity index (χ1) is 13.3. The number of hydrogen-bond donors (Lipinski definition) is 1. The molecule has 144 valence electrons. The molecular weight excluding hydrogens is 429 g/mol. The van der Waals surface area contributed by atoms with Crippen molar-refractivity contribution in [3.63, 3.8) is 0 Å². The number of thiophene rings is 1. The molecule has 11 heteroatoms. The zero-order chi connectivity index (χ0) is 20.3. The van der Waals surface area contributed by atoms with Crippen molar-refractivity contribution in [2.45, 2.75) is 18.1 Å². The van der Waals surface area contributed by atoms with Crippen molar-refractivity contribution in [1.29, 1.82) is 5.26 Å². The first-order valence-corrected chi connectivity index (χ1v) is 10.4. The van der Waals surface area contributed by atoms with Crippen LogP contribution in [0.1, 0.15) is 16.8 Å². The van der Waals surface area contributed by atoms with E-state index in [1.165, 1.54) is 22.7 Å². The van der Waals surface area contributed by atoms with Crippen molar-refractivity contribution in [3.05, 3.63) is 45.8 Å². The van der Waals surface area contributed by atoms with Gasteiger partial charge in [0.1, 0.15) is 11.1 Å². The Morgan fingerprint density at radius 1 is 1.36 bits per heavy atom. The second kappa shape index (κ2) is 8.30. The molecule has 1 amide bonds. The number of aromatic nitrogens is 2. The van der Waals surface area contributed by atoms with Crippen molar-refractivity contribution in [2.75, 3.05) is 11.1 Å². The molecule has 3 heterocycles. The maximum absolute atomic E-state index is 13.5. The Morgan fingerprint density at radius 2 is 2.14 bits per heavy atom. The van der Waals surface area contributed by atoms with Crippen molar-refractivity contribution < 1.29 is 18.0 Å². The normalized spacial score (nSPS) is 11.2. The summed E-state index contributed by atoms with van der Waals surface area (Å²) in [6.45, 7) is 1.78. The van der Waals surface area contributed by atoms with Crippen LogP contribution in [0.15, 0.2) is 34.0 Å². The summed E-state index contributed by atoms with van der Waals surface area (Å²) in [5, 5.41) is 15.6. The highest BCUT2D eigenvalue weighted by molar-refractivity contribution is 8.00. The van der Waals surface area contributed by atoms with E-state index >= 15 is 0 Å². The van der Waals surface area contributed by atoms with Crippen LogP contribution in [0, 0.1) is 18.3 Å². The number of anilines is 1. The number of alkyl halides is 3. The Bertz CT molecular complexity index is 1040. The molecule has 0 aliphatic heterocycles. The maximum atomic E-state index is 13.5. The molecule has 1 N–H and O–H groups in total. The number of hydrogen-bond acceptors (Lipinski definition) is 7. The molecule has 3 rings (SSSR count). The third-order valence-corrected chi connectivity index (χ3v) is 6.13. The number of thiazole rings is 1. The molecule has 0 aliphatic rings. The zero-order valence-electron chi connectivity index (χ0n) is 14.2. The van der Waals surface area contributed by atoms with Crippen LogP contribution in [0.25, 0.3) is 10.6 Å². The van der Waals surface area contributed by atoms with Gasteiger partial charge in [0.25, 0.3) is 0 Å². The summed E-state index contributed by atoms with van der Waals surface area (Å²) in [7, 11) is 0. The van der Waals surface area contributed by atoms with E-state index < -0.39 is 23.2 Å². The van der Waals surface area contributed by atoms with Gasteiger partial charge >= 0.3 is 6.18 Å². The van der Waals surface area contributed by atoms with Gasteiger partial charge in [-0.2, -0.15) is 18.4 Å². The fourth-order valence-electron chi connectivity index (χ4n) is 2.21. The van der Waals surface area contributed by atoms with Crippen molar-refractivity contribution in [3.8, 4) is 16.6 Å². The lowest BCUT2D eigenvalue weighted by molar-refractivity contribution is -0.138. The summed E-state index contributed by atoms with van der Waals surface area (Å²) in [5.74, 6) is -0.647. The average molecular weight is 440 g/mol. The summed E-state index contributed by atoms with van der Waals surface area (Å²) < 4.78 is 40.4. The number of amides is 1. The Labute approximate surface area is 170 Å². The highest BCUT2D eigenvalue weighted by atomic mass is 32.2. The monoisotopic (exact) mass is 440 g/mol. The Morgan fingerprint density at radius 3 is 2.71 bits per heavy atom. The lowest BCUT2D eigenvalue weighted by Gasteiger charge is -2.13. The molecule has 0 aliphatic carbocycles. The predicted molar refractivity (Wildman–Crippen MR) is 103 cm³/mol. The molecule has 0 aromatic carbocycles. The van der Waals surface area contributed by atoms with Crippen LogP contribution in [0.2, 0.25) is 0 Å². The predicted octanol–water partition coefficient (Wildman–Crippen LogP) is 5.20. The lowest BCUT2D eigenvalue weighted by atomic mass is 10.1. The summed E-state index contributed by atoms with van der Waals surface area (Å²) in [5.41, 5.74) is -0.790. The van der Waals surface area contributed by atoms with Crippen LogP contribution in [0.4, 0.5) is 18.3 Å². The molecule has 0 unspecified atom stereocenters. The van der Waals surface area contributed by atoms with Crippen LogP contribution in [-0.2, 0) is 11.0 Å². The van der Waals surface area contributed by atoms with Gasteiger partial charge in [-0.05, 0) is 24.4 Å². The van der Waals surface area contributed by atoms with E-state index in [9.17, 15) is 23.2 Å². The minimum Gasteiger partial charge on any atom is -0.301 e. The summed E-state index contributed by atoms with van der Waals surface area (Å²) >= 11 is 3.27. The molecule has 0 radical (unpaired) electrons. The highest BCUT2D eigenvalue weighted by Gasteiger charge is 2.36. The number of rotatable bonds is 5.